The largest absolute Gasteiger partial charge is 0.389 e. The SMILES string of the molecule is Nc1cc(C(=O)NCCCC(F)(F)F)cc(Cl)n1. The third kappa shape index (κ3) is 5.22. The van der Waals surface area contributed by atoms with Crippen LogP contribution in [-0.4, -0.2) is 23.6 Å². The number of alkyl halides is 3. The van der Waals surface area contributed by atoms with Crippen molar-refractivity contribution in [3.63, 3.8) is 0 Å². The lowest BCUT2D eigenvalue weighted by atomic mass is 10.2. The van der Waals surface area contributed by atoms with Crippen molar-refractivity contribution < 1.29 is 18.0 Å². The number of anilines is 1. The zero-order valence-corrected chi connectivity index (χ0v) is 9.98. The van der Waals surface area contributed by atoms with Gasteiger partial charge in [0.1, 0.15) is 11.0 Å². The number of amides is 1. The van der Waals surface area contributed by atoms with Crippen molar-refractivity contribution in [1.82, 2.24) is 10.3 Å². The van der Waals surface area contributed by atoms with Crippen LogP contribution in [0.15, 0.2) is 12.1 Å². The molecule has 100 valence electrons. The van der Waals surface area contributed by atoms with Crippen molar-refractivity contribution in [1.29, 1.82) is 0 Å². The van der Waals surface area contributed by atoms with Gasteiger partial charge in [0.25, 0.3) is 5.91 Å². The van der Waals surface area contributed by atoms with E-state index in [0.29, 0.717) is 0 Å². The smallest absolute Gasteiger partial charge is 0.384 e. The first kappa shape index (κ1) is 14.6. The van der Waals surface area contributed by atoms with Crippen molar-refractivity contribution in [2.45, 2.75) is 19.0 Å². The first-order valence-electron chi connectivity index (χ1n) is 5.06. The van der Waals surface area contributed by atoms with E-state index in [4.69, 9.17) is 17.3 Å². The minimum Gasteiger partial charge on any atom is -0.384 e. The molecular weight excluding hydrogens is 271 g/mol. The highest BCUT2D eigenvalue weighted by molar-refractivity contribution is 6.29. The Balaban J connectivity index is 2.46. The first-order chi connectivity index (χ1) is 8.28. The number of hydrogen-bond donors (Lipinski definition) is 2. The van der Waals surface area contributed by atoms with Crippen LogP contribution in [0.5, 0.6) is 0 Å². The van der Waals surface area contributed by atoms with Crippen molar-refractivity contribution in [3.8, 4) is 0 Å². The van der Waals surface area contributed by atoms with E-state index in [9.17, 15) is 18.0 Å². The van der Waals surface area contributed by atoms with Crippen LogP contribution in [0.25, 0.3) is 0 Å². The highest BCUT2D eigenvalue weighted by Gasteiger charge is 2.26. The maximum Gasteiger partial charge on any atom is 0.389 e. The molecule has 3 N–H and O–H groups in total. The number of rotatable bonds is 4. The summed E-state index contributed by atoms with van der Waals surface area (Å²) in [5.41, 5.74) is 5.55. The molecule has 1 amide bonds. The molecule has 0 atom stereocenters. The molecule has 0 spiro atoms. The van der Waals surface area contributed by atoms with Gasteiger partial charge in [-0.2, -0.15) is 13.2 Å². The number of nitrogens with one attached hydrogen (secondary N) is 1. The van der Waals surface area contributed by atoms with Gasteiger partial charge in [0.15, 0.2) is 0 Å². The van der Waals surface area contributed by atoms with Crippen LogP contribution in [0.3, 0.4) is 0 Å². The lowest BCUT2D eigenvalue weighted by Crippen LogP contribution is -2.25. The molecule has 1 rings (SSSR count). The molecule has 1 aromatic rings. The number of pyridine rings is 1. The number of aromatic nitrogens is 1. The zero-order valence-electron chi connectivity index (χ0n) is 9.22. The van der Waals surface area contributed by atoms with E-state index in [2.05, 4.69) is 10.3 Å². The molecule has 0 bridgehead atoms. The molecule has 0 unspecified atom stereocenters. The van der Waals surface area contributed by atoms with Gasteiger partial charge in [-0.1, -0.05) is 11.6 Å². The minimum atomic E-state index is -4.21. The lowest BCUT2D eigenvalue weighted by molar-refractivity contribution is -0.135. The number of nitrogens with two attached hydrogens (primary N) is 1. The Morgan fingerprint density at radius 2 is 2.11 bits per heavy atom. The molecule has 0 aliphatic rings. The Bertz CT molecular complexity index is 417. The minimum absolute atomic E-state index is 0.0513. The molecule has 4 nitrogen and oxygen atoms in total. The Labute approximate surface area is 106 Å². The van der Waals surface area contributed by atoms with E-state index in [1.165, 1.54) is 12.1 Å². The quantitative estimate of drug-likeness (QED) is 0.658. The van der Waals surface area contributed by atoms with E-state index >= 15 is 0 Å². The molecule has 0 aliphatic carbocycles. The predicted molar refractivity (Wildman–Crippen MR) is 61.3 cm³/mol. The Morgan fingerprint density at radius 1 is 1.44 bits per heavy atom. The molecule has 0 saturated carbocycles. The number of nitrogens with zero attached hydrogens (tertiary/aromatic N) is 1. The normalized spacial score (nSPS) is 11.3. The van der Waals surface area contributed by atoms with Crippen molar-refractivity contribution in [2.75, 3.05) is 12.3 Å². The maximum atomic E-state index is 11.9. The molecular formula is C10H11ClF3N3O. The molecule has 0 fully saturated rings. The number of carbonyl (C=O) groups excluding carboxylic acids is 1. The van der Waals surface area contributed by atoms with Gasteiger partial charge in [-0.15, -0.1) is 0 Å². The molecule has 0 radical (unpaired) electrons. The van der Waals surface area contributed by atoms with Crippen molar-refractivity contribution >= 4 is 23.3 Å². The molecule has 0 aromatic carbocycles. The summed E-state index contributed by atoms with van der Waals surface area (Å²) in [5.74, 6) is -0.462. The van der Waals surface area contributed by atoms with E-state index in [1.807, 2.05) is 0 Å². The monoisotopic (exact) mass is 281 g/mol. The van der Waals surface area contributed by atoms with E-state index < -0.39 is 18.5 Å². The average Bonchev–Trinajstić information content (AvgIpc) is 2.21. The predicted octanol–water partition coefficient (Wildman–Crippen LogP) is 2.39. The fraction of sp³-hybridized carbons (Fsp3) is 0.400. The topological polar surface area (TPSA) is 68.0 Å². The summed E-state index contributed by atoms with van der Waals surface area (Å²) < 4.78 is 35.6. The van der Waals surface area contributed by atoms with Gasteiger partial charge in [0.05, 0.1) is 0 Å². The number of nitrogen functional groups attached to an aromatic ring is 1. The second-order valence-electron chi connectivity index (χ2n) is 3.58. The molecule has 1 aromatic heterocycles. The van der Waals surface area contributed by atoms with Crippen molar-refractivity contribution in [2.24, 2.45) is 0 Å². The summed E-state index contributed by atoms with van der Waals surface area (Å²) in [6, 6.07) is 2.59. The summed E-state index contributed by atoms with van der Waals surface area (Å²) in [7, 11) is 0. The average molecular weight is 282 g/mol. The fourth-order valence-corrected chi connectivity index (χ4v) is 1.46. The Hall–Kier alpha value is -1.50. The van der Waals surface area contributed by atoms with E-state index in [1.54, 1.807) is 0 Å². The summed E-state index contributed by atoms with van der Waals surface area (Å²) >= 11 is 5.60. The lowest BCUT2D eigenvalue weighted by Gasteiger charge is -2.08. The summed E-state index contributed by atoms with van der Waals surface area (Å²) in [6.45, 7) is -0.0712. The third-order valence-electron chi connectivity index (χ3n) is 2.00. The highest BCUT2D eigenvalue weighted by atomic mass is 35.5. The Kier molecular flexibility index (Phi) is 4.77. The molecule has 0 saturated heterocycles. The molecule has 18 heavy (non-hydrogen) atoms. The van der Waals surface area contributed by atoms with Gasteiger partial charge in [-0.05, 0) is 18.6 Å². The van der Waals surface area contributed by atoms with Gasteiger partial charge in [0.2, 0.25) is 0 Å². The van der Waals surface area contributed by atoms with Crippen LogP contribution in [0.1, 0.15) is 23.2 Å². The molecule has 1 heterocycles. The fourth-order valence-electron chi connectivity index (χ4n) is 1.24. The van der Waals surface area contributed by atoms with E-state index in [-0.39, 0.29) is 29.5 Å². The van der Waals surface area contributed by atoms with Gasteiger partial charge in [-0.25, -0.2) is 4.98 Å². The number of carbonyl (C=O) groups is 1. The molecule has 0 aliphatic heterocycles. The number of hydrogen-bond acceptors (Lipinski definition) is 3. The van der Waals surface area contributed by atoms with Crippen LogP contribution < -0.4 is 11.1 Å². The van der Waals surface area contributed by atoms with Gasteiger partial charge >= 0.3 is 6.18 Å². The van der Waals surface area contributed by atoms with Gasteiger partial charge in [-0.3, -0.25) is 4.79 Å². The van der Waals surface area contributed by atoms with Crippen LogP contribution in [0.2, 0.25) is 5.15 Å². The maximum absolute atomic E-state index is 11.9. The first-order valence-corrected chi connectivity index (χ1v) is 5.44. The zero-order chi connectivity index (χ0) is 13.8. The van der Waals surface area contributed by atoms with Crippen LogP contribution in [-0.2, 0) is 0 Å². The second kappa shape index (κ2) is 5.90. The van der Waals surface area contributed by atoms with Crippen LogP contribution in [0.4, 0.5) is 19.0 Å². The Morgan fingerprint density at radius 3 is 2.67 bits per heavy atom. The van der Waals surface area contributed by atoms with Crippen LogP contribution >= 0.6 is 11.6 Å². The third-order valence-corrected chi connectivity index (χ3v) is 2.19. The summed E-state index contributed by atoms with van der Waals surface area (Å²) in [4.78, 5) is 15.2. The van der Waals surface area contributed by atoms with Gasteiger partial charge < -0.3 is 11.1 Å². The van der Waals surface area contributed by atoms with Gasteiger partial charge in [0, 0.05) is 18.5 Å². The molecule has 8 heteroatoms. The van der Waals surface area contributed by atoms with E-state index in [0.717, 1.165) is 0 Å². The summed E-state index contributed by atoms with van der Waals surface area (Å²) in [5, 5.41) is 2.40. The van der Waals surface area contributed by atoms with Crippen LogP contribution in [0, 0.1) is 0 Å². The second-order valence-corrected chi connectivity index (χ2v) is 3.97. The standard InChI is InChI=1S/C10H11ClF3N3O/c11-7-4-6(5-8(15)17-7)9(18)16-3-1-2-10(12,13)14/h4-5H,1-3H2,(H2,15,17)(H,16,18). The van der Waals surface area contributed by atoms with Crippen molar-refractivity contribution in [3.05, 3.63) is 22.8 Å². The highest BCUT2D eigenvalue weighted by Crippen LogP contribution is 2.20. The summed E-state index contributed by atoms with van der Waals surface area (Å²) in [6.07, 6.45) is -5.33. The number of halogens is 4.